The third kappa shape index (κ3) is 7.41. The van der Waals surface area contributed by atoms with E-state index in [1.54, 1.807) is 24.5 Å². The van der Waals surface area contributed by atoms with Gasteiger partial charge < -0.3 is 25.2 Å². The van der Waals surface area contributed by atoms with E-state index in [0.717, 1.165) is 42.0 Å². The number of ether oxygens (including phenoxy) is 2. The molecule has 3 rings (SSSR count). The Bertz CT molecular complexity index is 798. The molecule has 2 atom stereocenters. The normalized spacial score (nSPS) is 17.2. The van der Waals surface area contributed by atoms with Gasteiger partial charge in [-0.05, 0) is 43.2 Å². The van der Waals surface area contributed by atoms with Crippen LogP contribution in [0.5, 0.6) is 5.75 Å². The molecule has 0 radical (unpaired) electrons. The van der Waals surface area contributed by atoms with Crippen molar-refractivity contribution in [2.75, 3.05) is 26.3 Å². The Morgan fingerprint density at radius 2 is 2.10 bits per heavy atom. The van der Waals surface area contributed by atoms with E-state index in [1.807, 2.05) is 6.92 Å². The van der Waals surface area contributed by atoms with Crippen molar-refractivity contribution in [2.45, 2.75) is 39.0 Å². The number of aliphatic imine (C=N–C) groups is 1. The Morgan fingerprint density at radius 1 is 1.30 bits per heavy atom. The van der Waals surface area contributed by atoms with Gasteiger partial charge >= 0.3 is 0 Å². The standard InChI is InChI=1S/C22H30N4O3.HI/c1-3-24-22(26-14-20(27)17-6-9-23-10-7-17)25-13-18-5-4-16(2)12-21(18)29-19-8-11-28-15-19;/h4-7,9-10,12,19-20,27H,3,8,11,13-15H2,1-2H3,(H2,24,25,26);1H. The molecule has 0 saturated carbocycles. The number of aromatic nitrogens is 1. The maximum absolute atomic E-state index is 10.4. The Morgan fingerprint density at radius 3 is 2.80 bits per heavy atom. The lowest BCUT2D eigenvalue weighted by molar-refractivity contribution is 0.140. The van der Waals surface area contributed by atoms with Crippen LogP contribution in [0.3, 0.4) is 0 Å². The molecule has 8 heteroatoms. The predicted octanol–water partition coefficient (Wildman–Crippen LogP) is 2.96. The summed E-state index contributed by atoms with van der Waals surface area (Å²) < 4.78 is 11.6. The van der Waals surface area contributed by atoms with Crippen LogP contribution in [-0.4, -0.2) is 48.5 Å². The first-order valence-corrected chi connectivity index (χ1v) is 10.1. The highest BCUT2D eigenvalue weighted by molar-refractivity contribution is 14.0. The van der Waals surface area contributed by atoms with E-state index in [4.69, 9.17) is 9.47 Å². The first kappa shape index (κ1) is 24.4. The highest BCUT2D eigenvalue weighted by Gasteiger charge is 2.18. The Balaban J connectivity index is 0.00000320. The second-order valence-corrected chi connectivity index (χ2v) is 7.09. The van der Waals surface area contributed by atoms with Crippen molar-refractivity contribution in [1.29, 1.82) is 0 Å². The number of hydrogen-bond acceptors (Lipinski definition) is 5. The SMILES string of the molecule is CCNC(=NCc1ccc(C)cc1OC1CCOC1)NCC(O)c1ccncc1.I. The van der Waals surface area contributed by atoms with Crippen LogP contribution in [0.25, 0.3) is 0 Å². The fourth-order valence-corrected chi connectivity index (χ4v) is 3.09. The number of nitrogens with one attached hydrogen (secondary N) is 2. The van der Waals surface area contributed by atoms with Crippen LogP contribution in [0.4, 0.5) is 0 Å². The molecule has 2 aromatic rings. The fraction of sp³-hybridized carbons (Fsp3) is 0.455. The van der Waals surface area contributed by atoms with Crippen molar-refractivity contribution in [1.82, 2.24) is 15.6 Å². The van der Waals surface area contributed by atoms with Gasteiger partial charge in [-0.15, -0.1) is 24.0 Å². The maximum Gasteiger partial charge on any atom is 0.191 e. The Kier molecular flexibility index (Phi) is 10.3. The van der Waals surface area contributed by atoms with Crippen LogP contribution in [0.2, 0.25) is 0 Å². The third-order valence-corrected chi connectivity index (χ3v) is 4.71. The molecule has 3 N–H and O–H groups in total. The predicted molar refractivity (Wildman–Crippen MR) is 128 cm³/mol. The lowest BCUT2D eigenvalue weighted by atomic mass is 10.1. The van der Waals surface area contributed by atoms with Gasteiger partial charge in [0, 0.05) is 37.5 Å². The van der Waals surface area contributed by atoms with Crippen molar-refractivity contribution in [3.8, 4) is 5.75 Å². The first-order valence-electron chi connectivity index (χ1n) is 10.1. The number of guanidine groups is 1. The van der Waals surface area contributed by atoms with Crippen LogP contribution >= 0.6 is 24.0 Å². The van der Waals surface area contributed by atoms with Gasteiger partial charge in [0.2, 0.25) is 0 Å². The fourth-order valence-electron chi connectivity index (χ4n) is 3.09. The van der Waals surface area contributed by atoms with Crippen molar-refractivity contribution in [2.24, 2.45) is 4.99 Å². The minimum atomic E-state index is -0.637. The lowest BCUT2D eigenvalue weighted by Crippen LogP contribution is -2.39. The van der Waals surface area contributed by atoms with Gasteiger partial charge in [0.05, 0.1) is 25.9 Å². The van der Waals surface area contributed by atoms with Gasteiger partial charge in [-0.25, -0.2) is 4.99 Å². The smallest absolute Gasteiger partial charge is 0.191 e. The summed E-state index contributed by atoms with van der Waals surface area (Å²) in [7, 11) is 0. The lowest BCUT2D eigenvalue weighted by Gasteiger charge is -2.17. The zero-order chi connectivity index (χ0) is 20.5. The third-order valence-electron chi connectivity index (χ3n) is 4.71. The second kappa shape index (κ2) is 12.7. The molecule has 1 aromatic carbocycles. The van der Waals surface area contributed by atoms with Gasteiger partial charge in [-0.3, -0.25) is 4.98 Å². The first-order chi connectivity index (χ1) is 14.2. The monoisotopic (exact) mass is 526 g/mol. The molecule has 164 valence electrons. The summed E-state index contributed by atoms with van der Waals surface area (Å²) in [5, 5.41) is 16.8. The largest absolute Gasteiger partial charge is 0.488 e. The average Bonchev–Trinajstić information content (AvgIpc) is 3.24. The van der Waals surface area contributed by atoms with E-state index >= 15 is 0 Å². The van der Waals surface area contributed by atoms with E-state index in [1.165, 1.54) is 0 Å². The van der Waals surface area contributed by atoms with Crippen molar-refractivity contribution < 1.29 is 14.6 Å². The quantitative estimate of drug-likeness (QED) is 0.279. The minimum Gasteiger partial charge on any atom is -0.488 e. The Hall–Kier alpha value is -1.91. The van der Waals surface area contributed by atoms with E-state index in [-0.39, 0.29) is 30.1 Å². The molecular weight excluding hydrogens is 495 g/mol. The summed E-state index contributed by atoms with van der Waals surface area (Å²) in [5.41, 5.74) is 2.99. The number of benzene rings is 1. The zero-order valence-corrected chi connectivity index (χ0v) is 19.8. The van der Waals surface area contributed by atoms with Gasteiger partial charge in [-0.2, -0.15) is 0 Å². The molecule has 0 amide bonds. The minimum absolute atomic E-state index is 0. The van der Waals surface area contributed by atoms with Gasteiger partial charge in [-0.1, -0.05) is 12.1 Å². The topological polar surface area (TPSA) is 88.0 Å². The summed E-state index contributed by atoms with van der Waals surface area (Å²) >= 11 is 0. The molecule has 1 fully saturated rings. The second-order valence-electron chi connectivity index (χ2n) is 7.09. The van der Waals surface area contributed by atoms with Crippen LogP contribution in [0.1, 0.15) is 36.1 Å². The maximum atomic E-state index is 10.4. The van der Waals surface area contributed by atoms with Gasteiger partial charge in [0.25, 0.3) is 0 Å². The van der Waals surface area contributed by atoms with Crippen molar-refractivity contribution in [3.63, 3.8) is 0 Å². The molecule has 0 spiro atoms. The number of pyridine rings is 1. The summed E-state index contributed by atoms with van der Waals surface area (Å²) in [6.07, 6.45) is 3.72. The number of nitrogens with zero attached hydrogens (tertiary/aromatic N) is 2. The summed E-state index contributed by atoms with van der Waals surface area (Å²) in [5.74, 6) is 1.51. The molecule has 1 aromatic heterocycles. The van der Waals surface area contributed by atoms with Gasteiger partial charge in [0.15, 0.2) is 5.96 Å². The summed E-state index contributed by atoms with van der Waals surface area (Å²) in [6.45, 7) is 7.00. The molecular formula is C22H31IN4O3. The molecule has 1 saturated heterocycles. The number of aryl methyl sites for hydroxylation is 1. The van der Waals surface area contributed by atoms with E-state index < -0.39 is 6.10 Å². The molecule has 1 aliphatic heterocycles. The zero-order valence-electron chi connectivity index (χ0n) is 17.5. The number of rotatable bonds is 8. The molecule has 1 aliphatic rings. The van der Waals surface area contributed by atoms with E-state index in [2.05, 4.69) is 45.7 Å². The number of halogens is 1. The van der Waals surface area contributed by atoms with Crippen LogP contribution in [0, 0.1) is 6.92 Å². The molecule has 2 unspecified atom stereocenters. The Labute approximate surface area is 195 Å². The molecule has 2 heterocycles. The molecule has 0 bridgehead atoms. The highest BCUT2D eigenvalue weighted by Crippen LogP contribution is 2.24. The number of aliphatic hydroxyl groups excluding tert-OH is 1. The van der Waals surface area contributed by atoms with Gasteiger partial charge in [0.1, 0.15) is 11.9 Å². The van der Waals surface area contributed by atoms with Crippen molar-refractivity contribution >= 4 is 29.9 Å². The van der Waals surface area contributed by atoms with E-state index in [0.29, 0.717) is 25.7 Å². The van der Waals surface area contributed by atoms with Crippen LogP contribution < -0.4 is 15.4 Å². The molecule has 30 heavy (non-hydrogen) atoms. The van der Waals surface area contributed by atoms with E-state index in [9.17, 15) is 5.11 Å². The molecule has 0 aliphatic carbocycles. The van der Waals surface area contributed by atoms with Crippen LogP contribution in [0.15, 0.2) is 47.7 Å². The molecule has 7 nitrogen and oxygen atoms in total. The highest BCUT2D eigenvalue weighted by atomic mass is 127. The van der Waals surface area contributed by atoms with Crippen LogP contribution in [-0.2, 0) is 11.3 Å². The average molecular weight is 526 g/mol. The summed E-state index contributed by atoms with van der Waals surface area (Å²) in [4.78, 5) is 8.65. The summed E-state index contributed by atoms with van der Waals surface area (Å²) in [6, 6.07) is 9.78. The number of hydrogen-bond donors (Lipinski definition) is 3. The van der Waals surface area contributed by atoms with Crippen molar-refractivity contribution in [3.05, 3.63) is 59.4 Å². The number of aliphatic hydroxyl groups is 1.